The molecule has 12 aromatic rings. The van der Waals surface area contributed by atoms with Gasteiger partial charge >= 0.3 is 0 Å². The van der Waals surface area contributed by atoms with Gasteiger partial charge in [-0.1, -0.05) is 164 Å². The minimum Gasteiger partial charge on any atom is -0.311 e. The van der Waals surface area contributed by atoms with Crippen LogP contribution in [0.1, 0.15) is 22.3 Å². The Kier molecular flexibility index (Phi) is 8.34. The number of rotatable bonds is 7. The maximum Gasteiger partial charge on any atom is 0.0713 e. The molecule has 64 heavy (non-hydrogen) atoms. The summed E-state index contributed by atoms with van der Waals surface area (Å²) in [6.45, 7) is 0. The van der Waals surface area contributed by atoms with Crippen LogP contribution in [0, 0.1) is 0 Å². The van der Waals surface area contributed by atoms with E-state index < -0.39 is 5.41 Å². The molecular formula is C61H40N2S. The van der Waals surface area contributed by atoms with Crippen molar-refractivity contribution >= 4 is 70.4 Å². The Labute approximate surface area is 376 Å². The van der Waals surface area contributed by atoms with Crippen molar-refractivity contribution in [2.24, 2.45) is 0 Å². The molecule has 2 aromatic heterocycles. The van der Waals surface area contributed by atoms with E-state index in [4.69, 9.17) is 0 Å². The minimum absolute atomic E-state index is 0.460. The molecule has 0 unspecified atom stereocenters. The molecule has 0 saturated carbocycles. The van der Waals surface area contributed by atoms with E-state index in [9.17, 15) is 0 Å². The van der Waals surface area contributed by atoms with Crippen molar-refractivity contribution in [3.8, 4) is 27.9 Å². The highest BCUT2D eigenvalue weighted by Crippen LogP contribution is 2.56. The van der Waals surface area contributed by atoms with Crippen LogP contribution in [0.3, 0.4) is 0 Å². The Morgan fingerprint density at radius 2 is 0.812 bits per heavy atom. The molecule has 2 heterocycles. The summed E-state index contributed by atoms with van der Waals surface area (Å²) < 4.78 is 5.03. The summed E-state index contributed by atoms with van der Waals surface area (Å²) in [5.74, 6) is 0. The van der Waals surface area contributed by atoms with Crippen LogP contribution in [0.5, 0.6) is 0 Å². The normalized spacial score (nSPS) is 12.8. The van der Waals surface area contributed by atoms with Crippen molar-refractivity contribution in [3.05, 3.63) is 265 Å². The van der Waals surface area contributed by atoms with Crippen LogP contribution in [0.25, 0.3) is 69.9 Å². The Bertz CT molecular complexity index is 3610. The Morgan fingerprint density at radius 1 is 0.344 bits per heavy atom. The van der Waals surface area contributed by atoms with Gasteiger partial charge in [0.2, 0.25) is 0 Å². The van der Waals surface area contributed by atoms with E-state index in [1.54, 1.807) is 0 Å². The SMILES string of the molecule is c1ccc(C2(c3ccc(N(c4ccc(-c5ccc6sc7ccccc7c6c5)cc4)c4ccc(-n5c6ccccc6c6ccccc65)cc4)cc3)c3ccccc3-c3ccccc32)cc1. The van der Waals surface area contributed by atoms with Gasteiger partial charge in [0, 0.05) is 53.7 Å². The molecule has 0 N–H and O–H groups in total. The van der Waals surface area contributed by atoms with Gasteiger partial charge in [0.25, 0.3) is 0 Å². The number of thiophene rings is 1. The lowest BCUT2D eigenvalue weighted by Gasteiger charge is -2.34. The molecule has 0 atom stereocenters. The second kappa shape index (κ2) is 14.6. The fourth-order valence-corrected chi connectivity index (χ4v) is 11.8. The molecule has 2 nitrogen and oxygen atoms in total. The second-order valence-electron chi connectivity index (χ2n) is 16.8. The van der Waals surface area contributed by atoms with Crippen LogP contribution >= 0.6 is 11.3 Å². The van der Waals surface area contributed by atoms with E-state index in [0.29, 0.717) is 0 Å². The first kappa shape index (κ1) is 36.7. The maximum absolute atomic E-state index is 2.39. The molecule has 0 spiro atoms. The van der Waals surface area contributed by atoms with Crippen LogP contribution in [0.15, 0.2) is 243 Å². The van der Waals surface area contributed by atoms with Gasteiger partial charge in [0.15, 0.2) is 0 Å². The van der Waals surface area contributed by atoms with E-state index in [1.807, 2.05) is 11.3 Å². The van der Waals surface area contributed by atoms with Crippen LogP contribution in [-0.2, 0) is 5.41 Å². The second-order valence-corrected chi connectivity index (χ2v) is 17.9. The quantitative estimate of drug-likeness (QED) is 0.155. The molecule has 10 aromatic carbocycles. The molecule has 3 heteroatoms. The smallest absolute Gasteiger partial charge is 0.0713 e. The maximum atomic E-state index is 2.39. The predicted molar refractivity (Wildman–Crippen MR) is 271 cm³/mol. The average molecular weight is 833 g/mol. The molecule has 1 aliphatic rings. The first-order valence-corrected chi connectivity index (χ1v) is 22.8. The van der Waals surface area contributed by atoms with Crippen molar-refractivity contribution in [1.82, 2.24) is 4.57 Å². The Hall–Kier alpha value is -7.98. The number of benzene rings is 10. The fourth-order valence-electron chi connectivity index (χ4n) is 10.7. The molecule has 0 bridgehead atoms. The number of hydrogen-bond acceptors (Lipinski definition) is 2. The van der Waals surface area contributed by atoms with Gasteiger partial charge in [0.1, 0.15) is 0 Å². The van der Waals surface area contributed by atoms with Gasteiger partial charge in [-0.25, -0.2) is 0 Å². The first-order chi connectivity index (χ1) is 31.7. The lowest BCUT2D eigenvalue weighted by molar-refractivity contribution is 0.768. The summed E-state index contributed by atoms with van der Waals surface area (Å²) in [6, 6.07) is 89.5. The fraction of sp³-hybridized carbons (Fsp3) is 0.0164. The van der Waals surface area contributed by atoms with Gasteiger partial charge in [-0.05, 0) is 123 Å². The number of anilines is 3. The van der Waals surface area contributed by atoms with Gasteiger partial charge in [-0.2, -0.15) is 0 Å². The van der Waals surface area contributed by atoms with E-state index in [2.05, 4.69) is 252 Å². The number of nitrogens with zero attached hydrogens (tertiary/aromatic N) is 2. The summed E-state index contributed by atoms with van der Waals surface area (Å²) in [5, 5.41) is 5.15. The van der Waals surface area contributed by atoms with E-state index >= 15 is 0 Å². The number of fused-ring (bicyclic) bond motifs is 9. The van der Waals surface area contributed by atoms with Crippen molar-refractivity contribution < 1.29 is 0 Å². The zero-order valence-electron chi connectivity index (χ0n) is 34.9. The van der Waals surface area contributed by atoms with Crippen LogP contribution in [-0.4, -0.2) is 4.57 Å². The molecule has 0 aliphatic heterocycles. The number of aromatic nitrogens is 1. The Morgan fingerprint density at radius 3 is 1.45 bits per heavy atom. The lowest BCUT2D eigenvalue weighted by Crippen LogP contribution is -2.28. The summed E-state index contributed by atoms with van der Waals surface area (Å²) in [7, 11) is 0. The Balaban J connectivity index is 0.950. The van der Waals surface area contributed by atoms with Crippen LogP contribution < -0.4 is 4.90 Å². The zero-order valence-corrected chi connectivity index (χ0v) is 35.7. The van der Waals surface area contributed by atoms with Gasteiger partial charge < -0.3 is 9.47 Å². The summed E-state index contributed by atoms with van der Waals surface area (Å²) in [6.07, 6.45) is 0. The highest BCUT2D eigenvalue weighted by atomic mass is 32.1. The molecule has 0 fully saturated rings. The molecule has 0 radical (unpaired) electrons. The summed E-state index contributed by atoms with van der Waals surface area (Å²) in [5.41, 5.74) is 16.5. The number of para-hydroxylation sites is 2. The molecule has 300 valence electrons. The third-order valence-electron chi connectivity index (χ3n) is 13.5. The largest absolute Gasteiger partial charge is 0.311 e. The van der Waals surface area contributed by atoms with E-state index in [-0.39, 0.29) is 0 Å². The van der Waals surface area contributed by atoms with Crippen LogP contribution in [0.4, 0.5) is 17.1 Å². The van der Waals surface area contributed by atoms with Gasteiger partial charge in [0.05, 0.1) is 16.4 Å². The monoisotopic (exact) mass is 832 g/mol. The number of hydrogen-bond donors (Lipinski definition) is 0. The van der Waals surface area contributed by atoms with E-state index in [0.717, 1.165) is 22.7 Å². The highest BCUT2D eigenvalue weighted by molar-refractivity contribution is 7.25. The third kappa shape index (κ3) is 5.51. The van der Waals surface area contributed by atoms with Gasteiger partial charge in [-0.3, -0.25) is 0 Å². The third-order valence-corrected chi connectivity index (χ3v) is 14.7. The first-order valence-electron chi connectivity index (χ1n) is 22.0. The van der Waals surface area contributed by atoms with Crippen molar-refractivity contribution in [1.29, 1.82) is 0 Å². The predicted octanol–water partition coefficient (Wildman–Crippen LogP) is 16.7. The minimum atomic E-state index is -0.460. The van der Waals surface area contributed by atoms with Gasteiger partial charge in [-0.15, -0.1) is 11.3 Å². The lowest BCUT2D eigenvalue weighted by atomic mass is 9.68. The van der Waals surface area contributed by atoms with Crippen molar-refractivity contribution in [3.63, 3.8) is 0 Å². The zero-order chi connectivity index (χ0) is 42.2. The van der Waals surface area contributed by atoms with E-state index in [1.165, 1.54) is 86.5 Å². The highest BCUT2D eigenvalue weighted by Gasteiger charge is 2.45. The average Bonchev–Trinajstić information content (AvgIpc) is 4.01. The standard InChI is InChI=1S/C61H40N2S/c1-2-14-43(15-3-1)61(55-21-9-4-16-49(55)50-17-5-10-22-56(50)61)44-29-33-46(34-30-44)62(45-31-26-41(27-32-45)42-28-39-60-54(40-42)53-20-8-13-25-59(53)64-60)47-35-37-48(38-36-47)63-57-23-11-6-18-51(57)52-19-7-12-24-58(52)63/h1-40H. The summed E-state index contributed by atoms with van der Waals surface area (Å²) >= 11 is 1.86. The molecule has 0 amide bonds. The van der Waals surface area contributed by atoms with Crippen molar-refractivity contribution in [2.45, 2.75) is 5.41 Å². The summed E-state index contributed by atoms with van der Waals surface area (Å²) in [4.78, 5) is 2.39. The molecular weight excluding hydrogens is 793 g/mol. The molecule has 13 rings (SSSR count). The van der Waals surface area contributed by atoms with Crippen molar-refractivity contribution in [2.75, 3.05) is 4.90 Å². The molecule has 1 aliphatic carbocycles. The van der Waals surface area contributed by atoms with Crippen LogP contribution in [0.2, 0.25) is 0 Å². The molecule has 0 saturated heterocycles. The topological polar surface area (TPSA) is 8.17 Å².